The molecule has 1 fully saturated rings. The standard InChI is InChI=1S/C10H18/c1-4-5-6-7-10-8(2)9(10)3/h4-5,8-10H,6-7H2,1-3H3. The minimum Gasteiger partial charge on any atom is -0.0917 e. The lowest BCUT2D eigenvalue weighted by Crippen LogP contribution is -1.77. The minimum atomic E-state index is 1.00. The zero-order valence-electron chi connectivity index (χ0n) is 7.30. The van der Waals surface area contributed by atoms with Crippen LogP contribution in [0.1, 0.15) is 33.6 Å². The van der Waals surface area contributed by atoms with Gasteiger partial charge in [-0.1, -0.05) is 26.0 Å². The highest BCUT2D eigenvalue weighted by Gasteiger charge is 2.41. The molecule has 1 rings (SSSR count). The first-order valence-electron chi connectivity index (χ1n) is 4.38. The van der Waals surface area contributed by atoms with E-state index in [0.717, 1.165) is 17.8 Å². The third kappa shape index (κ3) is 1.62. The molecule has 58 valence electrons. The Labute approximate surface area is 64.3 Å². The van der Waals surface area contributed by atoms with Gasteiger partial charge in [0.15, 0.2) is 0 Å². The largest absolute Gasteiger partial charge is 0.0917 e. The molecule has 0 amide bonds. The number of allylic oxidation sites excluding steroid dienone is 2. The van der Waals surface area contributed by atoms with E-state index >= 15 is 0 Å². The molecule has 10 heavy (non-hydrogen) atoms. The van der Waals surface area contributed by atoms with Crippen LogP contribution in [-0.2, 0) is 0 Å². The van der Waals surface area contributed by atoms with Crippen molar-refractivity contribution in [1.29, 1.82) is 0 Å². The fraction of sp³-hybridized carbons (Fsp3) is 0.800. The zero-order valence-corrected chi connectivity index (χ0v) is 7.30. The van der Waals surface area contributed by atoms with Crippen molar-refractivity contribution in [3.05, 3.63) is 12.2 Å². The summed E-state index contributed by atoms with van der Waals surface area (Å²) >= 11 is 0. The smallest absolute Gasteiger partial charge is 0.0348 e. The molecule has 0 radical (unpaired) electrons. The molecule has 0 heteroatoms. The molecule has 1 aliphatic carbocycles. The van der Waals surface area contributed by atoms with Gasteiger partial charge in [0, 0.05) is 0 Å². The maximum absolute atomic E-state index is 2.37. The van der Waals surface area contributed by atoms with Crippen LogP contribution < -0.4 is 0 Å². The molecular formula is C10H18. The average Bonchev–Trinajstić information content (AvgIpc) is 2.46. The summed E-state index contributed by atoms with van der Waals surface area (Å²) < 4.78 is 0. The van der Waals surface area contributed by atoms with Crippen LogP contribution in [0.25, 0.3) is 0 Å². The highest BCUT2D eigenvalue weighted by Crippen LogP contribution is 2.48. The first kappa shape index (κ1) is 7.84. The van der Waals surface area contributed by atoms with Crippen molar-refractivity contribution in [3.63, 3.8) is 0 Å². The second-order valence-corrected chi connectivity index (χ2v) is 3.53. The predicted octanol–water partition coefficient (Wildman–Crippen LogP) is 3.24. The van der Waals surface area contributed by atoms with E-state index in [1.807, 2.05) is 0 Å². The van der Waals surface area contributed by atoms with Gasteiger partial charge in [-0.3, -0.25) is 0 Å². The third-order valence-corrected chi connectivity index (χ3v) is 2.94. The molecule has 1 aliphatic rings. The molecule has 0 nitrogen and oxygen atoms in total. The molecule has 0 N–H and O–H groups in total. The van der Waals surface area contributed by atoms with Crippen molar-refractivity contribution in [1.82, 2.24) is 0 Å². The fourth-order valence-corrected chi connectivity index (χ4v) is 1.75. The van der Waals surface area contributed by atoms with Gasteiger partial charge in [-0.25, -0.2) is 0 Å². The van der Waals surface area contributed by atoms with Crippen LogP contribution in [0.4, 0.5) is 0 Å². The summed E-state index contributed by atoms with van der Waals surface area (Å²) in [6.07, 6.45) is 7.12. The second kappa shape index (κ2) is 3.23. The van der Waals surface area contributed by atoms with Crippen molar-refractivity contribution in [2.45, 2.75) is 33.6 Å². The van der Waals surface area contributed by atoms with Crippen molar-refractivity contribution >= 4 is 0 Å². The first-order chi connectivity index (χ1) is 4.77. The van der Waals surface area contributed by atoms with Crippen LogP contribution in [0, 0.1) is 17.8 Å². The van der Waals surface area contributed by atoms with Gasteiger partial charge in [-0.05, 0) is 37.5 Å². The second-order valence-electron chi connectivity index (χ2n) is 3.53. The molecule has 0 aromatic rings. The zero-order chi connectivity index (χ0) is 7.56. The van der Waals surface area contributed by atoms with Gasteiger partial charge < -0.3 is 0 Å². The van der Waals surface area contributed by atoms with E-state index in [4.69, 9.17) is 0 Å². The molecule has 0 aromatic heterocycles. The van der Waals surface area contributed by atoms with E-state index in [1.165, 1.54) is 12.8 Å². The maximum atomic E-state index is 2.37. The highest BCUT2D eigenvalue weighted by molar-refractivity contribution is 4.92. The summed E-state index contributed by atoms with van der Waals surface area (Å²) in [5.74, 6) is 3.05. The normalized spacial score (nSPS) is 38.9. The van der Waals surface area contributed by atoms with E-state index in [-0.39, 0.29) is 0 Å². The molecule has 0 saturated heterocycles. The van der Waals surface area contributed by atoms with E-state index in [9.17, 15) is 0 Å². The number of rotatable bonds is 3. The molecule has 0 bridgehead atoms. The monoisotopic (exact) mass is 138 g/mol. The Bertz CT molecular complexity index is 116. The Balaban J connectivity index is 2.06. The number of hydrogen-bond donors (Lipinski definition) is 0. The van der Waals surface area contributed by atoms with Crippen LogP contribution in [0.15, 0.2) is 12.2 Å². The van der Waals surface area contributed by atoms with Gasteiger partial charge in [0.2, 0.25) is 0 Å². The Kier molecular flexibility index (Phi) is 2.53. The van der Waals surface area contributed by atoms with Crippen LogP contribution in [0.3, 0.4) is 0 Å². The van der Waals surface area contributed by atoms with Crippen LogP contribution in [-0.4, -0.2) is 0 Å². The fourth-order valence-electron chi connectivity index (χ4n) is 1.75. The van der Waals surface area contributed by atoms with E-state index < -0.39 is 0 Å². The van der Waals surface area contributed by atoms with Crippen molar-refractivity contribution < 1.29 is 0 Å². The maximum Gasteiger partial charge on any atom is -0.0348 e. The lowest BCUT2D eigenvalue weighted by molar-refractivity contribution is 0.666. The Hall–Kier alpha value is -0.260. The molecule has 0 aliphatic heterocycles. The summed E-state index contributed by atoms with van der Waals surface area (Å²) in [6.45, 7) is 6.83. The van der Waals surface area contributed by atoms with Crippen LogP contribution in [0.2, 0.25) is 0 Å². The Morgan fingerprint density at radius 1 is 1.20 bits per heavy atom. The topological polar surface area (TPSA) is 0 Å². The van der Waals surface area contributed by atoms with E-state index in [2.05, 4.69) is 32.9 Å². The van der Waals surface area contributed by atoms with Gasteiger partial charge in [0.1, 0.15) is 0 Å². The highest BCUT2D eigenvalue weighted by atomic mass is 14.5. The molecule has 0 heterocycles. The molecule has 0 aromatic carbocycles. The Morgan fingerprint density at radius 2 is 1.80 bits per heavy atom. The van der Waals surface area contributed by atoms with Crippen molar-refractivity contribution in [3.8, 4) is 0 Å². The lowest BCUT2D eigenvalue weighted by atomic mass is 10.2. The van der Waals surface area contributed by atoms with Crippen molar-refractivity contribution in [2.24, 2.45) is 17.8 Å². The molecule has 1 saturated carbocycles. The van der Waals surface area contributed by atoms with Gasteiger partial charge >= 0.3 is 0 Å². The molecule has 0 spiro atoms. The molecule has 2 unspecified atom stereocenters. The quantitative estimate of drug-likeness (QED) is 0.525. The summed E-state index contributed by atoms with van der Waals surface area (Å²) in [6, 6.07) is 0. The van der Waals surface area contributed by atoms with Crippen LogP contribution in [0.5, 0.6) is 0 Å². The molecular weight excluding hydrogens is 120 g/mol. The van der Waals surface area contributed by atoms with Gasteiger partial charge in [-0.2, -0.15) is 0 Å². The van der Waals surface area contributed by atoms with E-state index in [0.29, 0.717) is 0 Å². The van der Waals surface area contributed by atoms with Gasteiger partial charge in [-0.15, -0.1) is 0 Å². The third-order valence-electron chi connectivity index (χ3n) is 2.94. The predicted molar refractivity (Wildman–Crippen MR) is 45.9 cm³/mol. The van der Waals surface area contributed by atoms with Gasteiger partial charge in [0.05, 0.1) is 0 Å². The van der Waals surface area contributed by atoms with Crippen molar-refractivity contribution in [2.75, 3.05) is 0 Å². The first-order valence-corrected chi connectivity index (χ1v) is 4.38. The summed E-state index contributed by atoms with van der Waals surface area (Å²) in [7, 11) is 0. The SMILES string of the molecule is CC=CCCC1C(C)C1C. The molecule has 2 atom stereocenters. The summed E-state index contributed by atoms with van der Waals surface area (Å²) in [5, 5.41) is 0. The summed E-state index contributed by atoms with van der Waals surface area (Å²) in [4.78, 5) is 0. The van der Waals surface area contributed by atoms with Gasteiger partial charge in [0.25, 0.3) is 0 Å². The minimum absolute atomic E-state index is 1.00. The number of hydrogen-bond acceptors (Lipinski definition) is 0. The lowest BCUT2D eigenvalue weighted by Gasteiger charge is -1.90. The Morgan fingerprint density at radius 3 is 2.20 bits per heavy atom. The van der Waals surface area contributed by atoms with Crippen LogP contribution >= 0.6 is 0 Å². The summed E-state index contributed by atoms with van der Waals surface area (Å²) in [5.41, 5.74) is 0. The van der Waals surface area contributed by atoms with E-state index in [1.54, 1.807) is 0 Å². The average molecular weight is 138 g/mol.